The predicted octanol–water partition coefficient (Wildman–Crippen LogP) is 0.453. The summed E-state index contributed by atoms with van der Waals surface area (Å²) in [6.45, 7) is 5.87. The number of hydrazine groups is 1. The fourth-order valence-corrected chi connectivity index (χ4v) is 2.26. The van der Waals surface area contributed by atoms with Crippen molar-refractivity contribution < 1.29 is 4.79 Å². The second-order valence-electron chi connectivity index (χ2n) is 5.39. The molecule has 3 unspecified atom stereocenters. The first kappa shape index (κ1) is 14.9. The van der Waals surface area contributed by atoms with Crippen molar-refractivity contribution in [1.29, 1.82) is 0 Å². The second kappa shape index (κ2) is 6.78. The van der Waals surface area contributed by atoms with Crippen molar-refractivity contribution in [2.75, 3.05) is 25.5 Å². The number of pyridine rings is 1. The molecule has 0 radical (unpaired) electrons. The summed E-state index contributed by atoms with van der Waals surface area (Å²) >= 11 is 0. The predicted molar refractivity (Wildman–Crippen MR) is 79.0 cm³/mol. The topological polar surface area (TPSA) is 69.3 Å². The van der Waals surface area contributed by atoms with Gasteiger partial charge in [0.1, 0.15) is 5.82 Å². The number of aromatic nitrogens is 1. The van der Waals surface area contributed by atoms with Crippen LogP contribution in [-0.2, 0) is 4.79 Å². The highest BCUT2D eigenvalue weighted by Crippen LogP contribution is 2.11. The summed E-state index contributed by atoms with van der Waals surface area (Å²) in [5, 5.41) is 2.84. The zero-order valence-electron chi connectivity index (χ0n) is 12.3. The third-order valence-electron chi connectivity index (χ3n) is 3.88. The van der Waals surface area contributed by atoms with E-state index in [2.05, 4.69) is 33.0 Å². The Morgan fingerprint density at radius 2 is 2.40 bits per heavy atom. The number of anilines is 1. The van der Waals surface area contributed by atoms with Crippen molar-refractivity contribution in [2.24, 2.45) is 5.92 Å². The van der Waals surface area contributed by atoms with E-state index >= 15 is 0 Å². The van der Waals surface area contributed by atoms with E-state index in [-0.39, 0.29) is 11.9 Å². The summed E-state index contributed by atoms with van der Waals surface area (Å²) in [6.07, 6.45) is 1.67. The van der Waals surface area contributed by atoms with Gasteiger partial charge in [-0.2, -0.15) is 0 Å². The van der Waals surface area contributed by atoms with Gasteiger partial charge in [0.2, 0.25) is 5.91 Å². The molecular formula is C14H23N5O. The largest absolute Gasteiger partial charge is 0.309 e. The number of nitrogens with one attached hydrogen (secondary N) is 3. The van der Waals surface area contributed by atoms with Crippen LogP contribution in [0, 0.1) is 5.92 Å². The number of likely N-dealkylation sites (N-methyl/N-ethyl adjacent to an activating group) is 1. The zero-order valence-corrected chi connectivity index (χ0v) is 12.3. The molecule has 0 bridgehead atoms. The molecule has 0 saturated carbocycles. The lowest BCUT2D eigenvalue weighted by molar-refractivity contribution is -0.120. The highest BCUT2D eigenvalue weighted by molar-refractivity contribution is 5.93. The van der Waals surface area contributed by atoms with Crippen LogP contribution in [0.3, 0.4) is 0 Å². The molecule has 1 fully saturated rings. The van der Waals surface area contributed by atoms with Crippen LogP contribution in [0.15, 0.2) is 24.4 Å². The standard InChI is InChI=1S/C14H23N5O/c1-10-12(8-16-18-10)9-19(3)11(2)14(20)17-13-6-4-5-7-15-13/h4-7,10-12,16,18H,8-9H2,1-3H3,(H,15,17,20). The van der Waals surface area contributed by atoms with E-state index in [1.165, 1.54) is 0 Å². The number of rotatable bonds is 5. The Hall–Kier alpha value is -1.50. The van der Waals surface area contributed by atoms with E-state index in [4.69, 9.17) is 0 Å². The van der Waals surface area contributed by atoms with E-state index in [9.17, 15) is 4.79 Å². The van der Waals surface area contributed by atoms with Gasteiger partial charge in [-0.15, -0.1) is 0 Å². The molecule has 6 heteroatoms. The second-order valence-corrected chi connectivity index (χ2v) is 5.39. The van der Waals surface area contributed by atoms with E-state index in [1.54, 1.807) is 12.3 Å². The van der Waals surface area contributed by atoms with E-state index < -0.39 is 0 Å². The molecule has 1 aliphatic heterocycles. The van der Waals surface area contributed by atoms with Crippen LogP contribution < -0.4 is 16.2 Å². The summed E-state index contributed by atoms with van der Waals surface area (Å²) in [4.78, 5) is 18.4. The van der Waals surface area contributed by atoms with Gasteiger partial charge in [0.15, 0.2) is 0 Å². The zero-order chi connectivity index (χ0) is 14.5. The maximum Gasteiger partial charge on any atom is 0.242 e. The number of hydrogen-bond donors (Lipinski definition) is 3. The van der Waals surface area contributed by atoms with Gasteiger partial charge >= 0.3 is 0 Å². The molecule has 20 heavy (non-hydrogen) atoms. The van der Waals surface area contributed by atoms with Gasteiger partial charge in [-0.05, 0) is 33.0 Å². The fourth-order valence-electron chi connectivity index (χ4n) is 2.26. The Morgan fingerprint density at radius 3 is 3.00 bits per heavy atom. The van der Waals surface area contributed by atoms with Crippen LogP contribution in [0.4, 0.5) is 5.82 Å². The lowest BCUT2D eigenvalue weighted by Crippen LogP contribution is -2.43. The normalized spacial score (nSPS) is 23.8. The van der Waals surface area contributed by atoms with Crippen LogP contribution >= 0.6 is 0 Å². The summed E-state index contributed by atoms with van der Waals surface area (Å²) in [6, 6.07) is 5.70. The molecule has 0 aliphatic carbocycles. The molecule has 1 aliphatic rings. The average molecular weight is 277 g/mol. The Balaban J connectivity index is 1.86. The highest BCUT2D eigenvalue weighted by atomic mass is 16.2. The Labute approximate surface area is 119 Å². The molecule has 3 N–H and O–H groups in total. The maximum absolute atomic E-state index is 12.2. The minimum atomic E-state index is -0.190. The fraction of sp³-hybridized carbons (Fsp3) is 0.571. The van der Waals surface area contributed by atoms with Crippen molar-refractivity contribution in [3.8, 4) is 0 Å². The van der Waals surface area contributed by atoms with Crippen molar-refractivity contribution in [3.05, 3.63) is 24.4 Å². The van der Waals surface area contributed by atoms with Crippen LogP contribution in [0.1, 0.15) is 13.8 Å². The molecule has 1 aromatic rings. The molecule has 6 nitrogen and oxygen atoms in total. The van der Waals surface area contributed by atoms with Gasteiger partial charge in [0.25, 0.3) is 0 Å². The lowest BCUT2D eigenvalue weighted by atomic mass is 10.0. The van der Waals surface area contributed by atoms with Gasteiger partial charge in [0, 0.05) is 31.2 Å². The molecule has 0 spiro atoms. The van der Waals surface area contributed by atoms with E-state index in [0.29, 0.717) is 17.8 Å². The average Bonchev–Trinajstić information content (AvgIpc) is 2.84. The molecule has 1 saturated heterocycles. The molecule has 1 aromatic heterocycles. The first-order chi connectivity index (χ1) is 9.58. The highest BCUT2D eigenvalue weighted by Gasteiger charge is 2.27. The SMILES string of the molecule is CC1NNCC1CN(C)C(C)C(=O)Nc1ccccn1. The van der Waals surface area contributed by atoms with Crippen molar-refractivity contribution in [1.82, 2.24) is 20.7 Å². The minimum Gasteiger partial charge on any atom is -0.309 e. The monoisotopic (exact) mass is 277 g/mol. The first-order valence-electron chi connectivity index (χ1n) is 6.98. The molecule has 110 valence electrons. The minimum absolute atomic E-state index is 0.0298. The third-order valence-corrected chi connectivity index (χ3v) is 3.88. The Bertz CT molecular complexity index is 438. The molecule has 0 aromatic carbocycles. The van der Waals surface area contributed by atoms with Gasteiger partial charge in [-0.25, -0.2) is 4.98 Å². The van der Waals surface area contributed by atoms with E-state index in [0.717, 1.165) is 13.1 Å². The van der Waals surface area contributed by atoms with Crippen molar-refractivity contribution in [3.63, 3.8) is 0 Å². The van der Waals surface area contributed by atoms with Crippen LogP contribution in [0.25, 0.3) is 0 Å². The number of nitrogens with zero attached hydrogens (tertiary/aromatic N) is 2. The van der Waals surface area contributed by atoms with Gasteiger partial charge in [-0.1, -0.05) is 6.07 Å². The van der Waals surface area contributed by atoms with Gasteiger partial charge < -0.3 is 5.32 Å². The summed E-state index contributed by atoms with van der Waals surface area (Å²) < 4.78 is 0. The number of carbonyl (C=O) groups excluding carboxylic acids is 1. The third kappa shape index (κ3) is 3.75. The number of hydrogen-bond acceptors (Lipinski definition) is 5. The van der Waals surface area contributed by atoms with Crippen molar-refractivity contribution >= 4 is 11.7 Å². The van der Waals surface area contributed by atoms with Crippen molar-refractivity contribution in [2.45, 2.75) is 25.9 Å². The number of amides is 1. The lowest BCUT2D eigenvalue weighted by Gasteiger charge is -2.27. The van der Waals surface area contributed by atoms with Crippen LogP contribution in [-0.4, -0.2) is 48.0 Å². The van der Waals surface area contributed by atoms with Crippen LogP contribution in [0.2, 0.25) is 0 Å². The molecule has 3 atom stereocenters. The quantitative estimate of drug-likeness (QED) is 0.729. The maximum atomic E-state index is 12.2. The first-order valence-corrected chi connectivity index (χ1v) is 6.98. The molecule has 2 rings (SSSR count). The van der Waals surface area contributed by atoms with Crippen LogP contribution in [0.5, 0.6) is 0 Å². The van der Waals surface area contributed by atoms with E-state index in [1.807, 2.05) is 26.1 Å². The molecular weight excluding hydrogens is 254 g/mol. The summed E-state index contributed by atoms with van der Waals surface area (Å²) in [7, 11) is 1.98. The Kier molecular flexibility index (Phi) is 5.05. The molecule has 1 amide bonds. The van der Waals surface area contributed by atoms with Gasteiger partial charge in [0.05, 0.1) is 6.04 Å². The Morgan fingerprint density at radius 1 is 1.60 bits per heavy atom. The summed E-state index contributed by atoms with van der Waals surface area (Å²) in [5.41, 5.74) is 6.34. The molecule has 2 heterocycles. The smallest absolute Gasteiger partial charge is 0.242 e. The van der Waals surface area contributed by atoms with Gasteiger partial charge in [-0.3, -0.25) is 20.5 Å². The summed E-state index contributed by atoms with van der Waals surface area (Å²) in [5.74, 6) is 1.07. The number of carbonyl (C=O) groups is 1.